The third-order valence-corrected chi connectivity index (χ3v) is 4.28. The molecular formula is C10H14ClFN2O2S. The summed E-state index contributed by atoms with van der Waals surface area (Å²) in [7, 11) is -3.89. The molecule has 0 aromatic heterocycles. The molecule has 0 amide bonds. The first-order valence-electron chi connectivity index (χ1n) is 4.87. The molecule has 0 aliphatic carbocycles. The van der Waals surface area contributed by atoms with Crippen LogP contribution in [0.2, 0.25) is 5.02 Å². The van der Waals surface area contributed by atoms with E-state index >= 15 is 0 Å². The van der Waals surface area contributed by atoms with Crippen LogP contribution in [0.4, 0.5) is 4.39 Å². The molecule has 1 aromatic rings. The van der Waals surface area contributed by atoms with E-state index in [0.29, 0.717) is 0 Å². The van der Waals surface area contributed by atoms with Crippen LogP contribution in [0.5, 0.6) is 0 Å². The van der Waals surface area contributed by atoms with Gasteiger partial charge in [-0.05, 0) is 32.0 Å². The predicted octanol–water partition coefficient (Wildman–Crippen LogP) is 1.49. The van der Waals surface area contributed by atoms with E-state index in [1.807, 2.05) is 0 Å². The highest BCUT2D eigenvalue weighted by atomic mass is 35.5. The summed E-state index contributed by atoms with van der Waals surface area (Å²) >= 11 is 5.74. The van der Waals surface area contributed by atoms with Gasteiger partial charge in [0.05, 0.1) is 5.02 Å². The summed E-state index contributed by atoms with van der Waals surface area (Å²) in [4.78, 5) is -0.291. The summed E-state index contributed by atoms with van der Waals surface area (Å²) in [5, 5.41) is -0.0354. The van der Waals surface area contributed by atoms with E-state index in [4.69, 9.17) is 17.3 Å². The van der Waals surface area contributed by atoms with E-state index in [0.717, 1.165) is 12.1 Å². The molecule has 0 fully saturated rings. The maximum Gasteiger partial charge on any atom is 0.242 e. The second-order valence-electron chi connectivity index (χ2n) is 4.27. The molecule has 0 heterocycles. The Morgan fingerprint density at radius 3 is 2.59 bits per heavy atom. The second kappa shape index (κ2) is 4.89. The van der Waals surface area contributed by atoms with Gasteiger partial charge in [-0.25, -0.2) is 17.5 Å². The van der Waals surface area contributed by atoms with E-state index in [2.05, 4.69) is 4.72 Å². The van der Waals surface area contributed by atoms with Gasteiger partial charge < -0.3 is 5.73 Å². The number of rotatable bonds is 4. The van der Waals surface area contributed by atoms with Crippen molar-refractivity contribution in [2.45, 2.75) is 24.3 Å². The number of nitrogens with two attached hydrogens (primary N) is 1. The van der Waals surface area contributed by atoms with Crippen molar-refractivity contribution < 1.29 is 12.8 Å². The Bertz CT molecular complexity index is 517. The van der Waals surface area contributed by atoms with Crippen LogP contribution in [0.15, 0.2) is 23.1 Å². The van der Waals surface area contributed by atoms with Gasteiger partial charge in [0.1, 0.15) is 10.7 Å². The maximum absolute atomic E-state index is 13.0. The molecule has 4 nitrogen and oxygen atoms in total. The average Bonchev–Trinajstić information content (AvgIpc) is 2.20. The zero-order chi connectivity index (χ0) is 13.3. The molecule has 0 atom stereocenters. The first-order chi connectivity index (χ1) is 7.68. The minimum Gasteiger partial charge on any atom is -0.329 e. The highest BCUT2D eigenvalue weighted by Gasteiger charge is 2.26. The molecule has 7 heteroatoms. The largest absolute Gasteiger partial charge is 0.329 e. The third kappa shape index (κ3) is 3.64. The van der Waals surface area contributed by atoms with Crippen molar-refractivity contribution in [1.82, 2.24) is 4.72 Å². The molecule has 0 saturated heterocycles. The molecule has 0 unspecified atom stereocenters. The molecule has 0 spiro atoms. The lowest BCUT2D eigenvalue weighted by molar-refractivity contribution is 0.462. The Morgan fingerprint density at radius 2 is 2.06 bits per heavy atom. The molecule has 0 saturated carbocycles. The molecule has 96 valence electrons. The minimum atomic E-state index is -3.89. The number of halogens is 2. The van der Waals surface area contributed by atoms with Crippen LogP contribution >= 0.6 is 11.6 Å². The van der Waals surface area contributed by atoms with Crippen molar-refractivity contribution >= 4 is 21.6 Å². The molecule has 0 aliphatic heterocycles. The van der Waals surface area contributed by atoms with Gasteiger partial charge in [0.2, 0.25) is 10.0 Å². The first-order valence-corrected chi connectivity index (χ1v) is 6.73. The van der Waals surface area contributed by atoms with Crippen LogP contribution in [0, 0.1) is 5.82 Å². The average molecular weight is 281 g/mol. The highest BCUT2D eigenvalue weighted by Crippen LogP contribution is 2.23. The molecule has 1 aromatic carbocycles. The standard InChI is InChI=1S/C10H14ClFN2O2S/c1-10(2,6-13)14-17(15,16)9-5-7(12)3-4-8(9)11/h3-5,14H,6,13H2,1-2H3. The molecule has 0 bridgehead atoms. The van der Waals surface area contributed by atoms with Crippen LogP contribution in [-0.4, -0.2) is 20.5 Å². The van der Waals surface area contributed by atoms with Crippen LogP contribution in [-0.2, 0) is 10.0 Å². The highest BCUT2D eigenvalue weighted by molar-refractivity contribution is 7.89. The van der Waals surface area contributed by atoms with Crippen molar-refractivity contribution in [2.24, 2.45) is 5.73 Å². The van der Waals surface area contributed by atoms with Gasteiger partial charge >= 0.3 is 0 Å². The summed E-state index contributed by atoms with van der Waals surface area (Å²) in [6, 6.07) is 3.16. The van der Waals surface area contributed by atoms with Gasteiger partial charge in [0.15, 0.2) is 0 Å². The molecule has 3 N–H and O–H groups in total. The zero-order valence-corrected chi connectivity index (χ0v) is 11.1. The van der Waals surface area contributed by atoms with Crippen molar-refractivity contribution in [3.05, 3.63) is 29.0 Å². The molecule has 17 heavy (non-hydrogen) atoms. The number of hydrogen-bond acceptors (Lipinski definition) is 3. The Kier molecular flexibility index (Phi) is 4.14. The monoisotopic (exact) mass is 280 g/mol. The summed E-state index contributed by atoms with van der Waals surface area (Å²) in [5.41, 5.74) is 4.60. The van der Waals surface area contributed by atoms with E-state index in [9.17, 15) is 12.8 Å². The van der Waals surface area contributed by atoms with Crippen molar-refractivity contribution in [3.63, 3.8) is 0 Å². The lowest BCUT2D eigenvalue weighted by atomic mass is 10.1. The predicted molar refractivity (Wildman–Crippen MR) is 64.9 cm³/mol. The van der Waals surface area contributed by atoms with Crippen LogP contribution in [0.25, 0.3) is 0 Å². The minimum absolute atomic E-state index is 0.0354. The quantitative estimate of drug-likeness (QED) is 0.878. The maximum atomic E-state index is 13.0. The number of nitrogens with one attached hydrogen (secondary N) is 1. The van der Waals surface area contributed by atoms with Crippen molar-refractivity contribution in [1.29, 1.82) is 0 Å². The van der Waals surface area contributed by atoms with E-state index in [1.54, 1.807) is 13.8 Å². The fourth-order valence-corrected chi connectivity index (χ4v) is 3.08. The lowest BCUT2D eigenvalue weighted by Gasteiger charge is -2.24. The van der Waals surface area contributed by atoms with Gasteiger partial charge in [-0.3, -0.25) is 0 Å². The van der Waals surface area contributed by atoms with Crippen LogP contribution in [0.1, 0.15) is 13.8 Å². The summed E-state index contributed by atoms with van der Waals surface area (Å²) in [6.07, 6.45) is 0. The van der Waals surface area contributed by atoms with Crippen molar-refractivity contribution in [3.8, 4) is 0 Å². The SMILES string of the molecule is CC(C)(CN)NS(=O)(=O)c1cc(F)ccc1Cl. The fourth-order valence-electron chi connectivity index (χ4n) is 1.14. The lowest BCUT2D eigenvalue weighted by Crippen LogP contribution is -2.48. The van der Waals surface area contributed by atoms with Gasteiger partial charge in [0.25, 0.3) is 0 Å². The van der Waals surface area contributed by atoms with E-state index in [1.165, 1.54) is 6.07 Å². The summed E-state index contributed by atoms with van der Waals surface area (Å²) in [5.74, 6) is -0.666. The van der Waals surface area contributed by atoms with Gasteiger partial charge in [-0.15, -0.1) is 0 Å². The van der Waals surface area contributed by atoms with Crippen molar-refractivity contribution in [2.75, 3.05) is 6.54 Å². The number of hydrogen-bond donors (Lipinski definition) is 2. The zero-order valence-electron chi connectivity index (χ0n) is 9.50. The fraction of sp³-hybridized carbons (Fsp3) is 0.400. The topological polar surface area (TPSA) is 72.2 Å². The number of sulfonamides is 1. The smallest absolute Gasteiger partial charge is 0.242 e. The molecule has 1 rings (SSSR count). The van der Waals surface area contributed by atoms with Gasteiger partial charge in [-0.1, -0.05) is 11.6 Å². The number of benzene rings is 1. The molecule has 0 radical (unpaired) electrons. The molecular weight excluding hydrogens is 267 g/mol. The van der Waals surface area contributed by atoms with Crippen LogP contribution < -0.4 is 10.5 Å². The summed E-state index contributed by atoms with van der Waals surface area (Å²) < 4.78 is 39.3. The first kappa shape index (κ1) is 14.4. The van der Waals surface area contributed by atoms with E-state index < -0.39 is 21.4 Å². The Morgan fingerprint density at radius 1 is 1.47 bits per heavy atom. The summed E-state index contributed by atoms with van der Waals surface area (Å²) in [6.45, 7) is 3.36. The second-order valence-corrected chi connectivity index (χ2v) is 6.33. The van der Waals surface area contributed by atoms with Gasteiger partial charge in [-0.2, -0.15) is 0 Å². The van der Waals surface area contributed by atoms with Gasteiger partial charge in [0, 0.05) is 12.1 Å². The Balaban J connectivity index is 3.18. The van der Waals surface area contributed by atoms with E-state index in [-0.39, 0.29) is 16.5 Å². The van der Waals surface area contributed by atoms with Crippen LogP contribution in [0.3, 0.4) is 0 Å². The third-order valence-electron chi connectivity index (χ3n) is 2.10. The molecule has 0 aliphatic rings. The Labute approximate surface area is 105 Å². The normalized spacial score (nSPS) is 12.8. The Hall–Kier alpha value is -0.690.